The first-order valence-electron chi connectivity index (χ1n) is 6.93. The monoisotopic (exact) mass is 255 g/mol. The molecule has 0 radical (unpaired) electrons. The number of rotatable bonds is 6. The average molecular weight is 255 g/mol. The van der Waals surface area contributed by atoms with Crippen molar-refractivity contribution < 1.29 is 9.59 Å². The van der Waals surface area contributed by atoms with E-state index in [1.165, 1.54) is 0 Å². The van der Waals surface area contributed by atoms with E-state index >= 15 is 0 Å². The predicted molar refractivity (Wildman–Crippen MR) is 71.2 cm³/mol. The molecule has 5 heteroatoms. The standard InChI is InChI=1S/C13H25N3O2/c1-4-8-16-9-7-14-11(13(16)18)10-12(17)15(5-2)6-3/h11,14H,4-10H2,1-3H3. The molecule has 0 aromatic rings. The molecule has 0 bridgehead atoms. The van der Waals surface area contributed by atoms with Gasteiger partial charge in [-0.25, -0.2) is 0 Å². The van der Waals surface area contributed by atoms with E-state index in [0.717, 1.165) is 26.1 Å². The molecular weight excluding hydrogens is 230 g/mol. The fraction of sp³-hybridized carbons (Fsp3) is 0.846. The molecule has 1 rings (SSSR count). The van der Waals surface area contributed by atoms with E-state index in [-0.39, 0.29) is 24.3 Å². The Bertz CT molecular complexity index is 288. The van der Waals surface area contributed by atoms with Crippen LogP contribution in [0.5, 0.6) is 0 Å². The molecule has 0 aromatic carbocycles. The largest absolute Gasteiger partial charge is 0.343 e. The Hall–Kier alpha value is -1.10. The first kappa shape index (κ1) is 15.0. The van der Waals surface area contributed by atoms with Gasteiger partial charge in [0, 0.05) is 32.7 Å². The van der Waals surface area contributed by atoms with Gasteiger partial charge in [0.25, 0.3) is 0 Å². The van der Waals surface area contributed by atoms with Gasteiger partial charge in [0.2, 0.25) is 11.8 Å². The van der Waals surface area contributed by atoms with Crippen molar-refractivity contribution in [1.29, 1.82) is 0 Å². The van der Waals surface area contributed by atoms with Crippen LogP contribution in [0.15, 0.2) is 0 Å². The quantitative estimate of drug-likeness (QED) is 0.750. The fourth-order valence-electron chi connectivity index (χ4n) is 2.32. The summed E-state index contributed by atoms with van der Waals surface area (Å²) >= 11 is 0. The lowest BCUT2D eigenvalue weighted by Crippen LogP contribution is -2.56. The molecule has 0 aliphatic carbocycles. The molecule has 1 unspecified atom stereocenters. The fourth-order valence-corrected chi connectivity index (χ4v) is 2.32. The maximum absolute atomic E-state index is 12.1. The summed E-state index contributed by atoms with van der Waals surface area (Å²) in [7, 11) is 0. The minimum Gasteiger partial charge on any atom is -0.343 e. The van der Waals surface area contributed by atoms with E-state index in [0.29, 0.717) is 13.1 Å². The van der Waals surface area contributed by atoms with Gasteiger partial charge >= 0.3 is 0 Å². The van der Waals surface area contributed by atoms with E-state index in [1.54, 1.807) is 4.90 Å². The number of hydrogen-bond acceptors (Lipinski definition) is 3. The molecule has 2 amide bonds. The molecule has 5 nitrogen and oxygen atoms in total. The summed E-state index contributed by atoms with van der Waals surface area (Å²) in [4.78, 5) is 27.8. The second kappa shape index (κ2) is 7.36. The molecule has 1 aliphatic rings. The summed E-state index contributed by atoms with van der Waals surface area (Å²) in [6.07, 6.45) is 1.24. The summed E-state index contributed by atoms with van der Waals surface area (Å²) < 4.78 is 0. The maximum atomic E-state index is 12.1. The van der Waals surface area contributed by atoms with Crippen molar-refractivity contribution in [3.8, 4) is 0 Å². The van der Waals surface area contributed by atoms with Crippen LogP contribution in [0.25, 0.3) is 0 Å². The molecular formula is C13H25N3O2. The molecule has 1 N–H and O–H groups in total. The molecule has 1 aliphatic heterocycles. The van der Waals surface area contributed by atoms with E-state index in [4.69, 9.17) is 0 Å². The number of piperazine rings is 1. The zero-order valence-corrected chi connectivity index (χ0v) is 11.7. The Labute approximate surface area is 110 Å². The van der Waals surface area contributed by atoms with Gasteiger partial charge in [-0.2, -0.15) is 0 Å². The highest BCUT2D eigenvalue weighted by atomic mass is 16.2. The van der Waals surface area contributed by atoms with Gasteiger partial charge in [0.15, 0.2) is 0 Å². The van der Waals surface area contributed by atoms with Crippen molar-refractivity contribution in [2.45, 2.75) is 39.7 Å². The van der Waals surface area contributed by atoms with Crippen molar-refractivity contribution in [3.05, 3.63) is 0 Å². The lowest BCUT2D eigenvalue weighted by molar-refractivity contribution is -0.140. The summed E-state index contributed by atoms with van der Waals surface area (Å²) in [5.41, 5.74) is 0. The van der Waals surface area contributed by atoms with Crippen LogP contribution in [0.4, 0.5) is 0 Å². The zero-order chi connectivity index (χ0) is 13.5. The zero-order valence-electron chi connectivity index (χ0n) is 11.7. The smallest absolute Gasteiger partial charge is 0.240 e. The number of carbonyl (C=O) groups excluding carboxylic acids is 2. The minimum atomic E-state index is -0.335. The molecule has 104 valence electrons. The molecule has 0 spiro atoms. The van der Waals surface area contributed by atoms with Crippen LogP contribution in [0.2, 0.25) is 0 Å². The number of hydrogen-bond donors (Lipinski definition) is 1. The Morgan fingerprint density at radius 3 is 2.61 bits per heavy atom. The van der Waals surface area contributed by atoms with Crippen molar-refractivity contribution in [3.63, 3.8) is 0 Å². The molecule has 1 saturated heterocycles. The Balaban J connectivity index is 2.55. The molecule has 0 aromatic heterocycles. The first-order valence-corrected chi connectivity index (χ1v) is 6.93. The first-order chi connectivity index (χ1) is 8.63. The molecule has 1 atom stereocenters. The van der Waals surface area contributed by atoms with Crippen LogP contribution in [0.1, 0.15) is 33.6 Å². The third-order valence-corrected chi connectivity index (χ3v) is 3.37. The van der Waals surface area contributed by atoms with Crippen molar-refractivity contribution in [1.82, 2.24) is 15.1 Å². The lowest BCUT2D eigenvalue weighted by atomic mass is 10.1. The summed E-state index contributed by atoms with van der Waals surface area (Å²) in [6.45, 7) is 9.71. The summed E-state index contributed by atoms with van der Waals surface area (Å²) in [5.74, 6) is 0.132. The molecule has 1 fully saturated rings. The molecule has 0 saturated carbocycles. The van der Waals surface area contributed by atoms with Crippen LogP contribution >= 0.6 is 0 Å². The van der Waals surface area contributed by atoms with Crippen LogP contribution in [0.3, 0.4) is 0 Å². The average Bonchev–Trinajstić information content (AvgIpc) is 2.36. The maximum Gasteiger partial charge on any atom is 0.240 e. The second-order valence-corrected chi connectivity index (χ2v) is 4.60. The van der Waals surface area contributed by atoms with Gasteiger partial charge in [0.05, 0.1) is 12.5 Å². The van der Waals surface area contributed by atoms with Crippen molar-refractivity contribution in [2.24, 2.45) is 0 Å². The van der Waals surface area contributed by atoms with Gasteiger partial charge in [-0.15, -0.1) is 0 Å². The minimum absolute atomic E-state index is 0.0594. The predicted octanol–water partition coefficient (Wildman–Crippen LogP) is 0.455. The van der Waals surface area contributed by atoms with Gasteiger partial charge < -0.3 is 15.1 Å². The topological polar surface area (TPSA) is 52.7 Å². The van der Waals surface area contributed by atoms with E-state index in [9.17, 15) is 9.59 Å². The SMILES string of the molecule is CCCN1CCNC(CC(=O)N(CC)CC)C1=O. The normalized spacial score (nSPS) is 20.1. The number of carbonyl (C=O) groups is 2. The Morgan fingerprint density at radius 1 is 1.39 bits per heavy atom. The Kier molecular flexibility index (Phi) is 6.12. The van der Waals surface area contributed by atoms with E-state index in [2.05, 4.69) is 12.2 Å². The van der Waals surface area contributed by atoms with Crippen molar-refractivity contribution in [2.75, 3.05) is 32.7 Å². The van der Waals surface area contributed by atoms with Crippen LogP contribution in [-0.4, -0.2) is 60.4 Å². The lowest BCUT2D eigenvalue weighted by Gasteiger charge is -2.33. The van der Waals surface area contributed by atoms with Gasteiger partial charge in [-0.1, -0.05) is 6.92 Å². The van der Waals surface area contributed by atoms with Gasteiger partial charge in [0.1, 0.15) is 0 Å². The second-order valence-electron chi connectivity index (χ2n) is 4.60. The number of nitrogens with zero attached hydrogens (tertiary/aromatic N) is 2. The third kappa shape index (κ3) is 3.70. The van der Waals surface area contributed by atoms with Gasteiger partial charge in [-0.3, -0.25) is 9.59 Å². The van der Waals surface area contributed by atoms with E-state index in [1.807, 2.05) is 18.7 Å². The van der Waals surface area contributed by atoms with Crippen LogP contribution < -0.4 is 5.32 Å². The van der Waals surface area contributed by atoms with E-state index < -0.39 is 0 Å². The van der Waals surface area contributed by atoms with Crippen LogP contribution in [0, 0.1) is 0 Å². The Morgan fingerprint density at radius 2 is 2.06 bits per heavy atom. The van der Waals surface area contributed by atoms with Crippen molar-refractivity contribution >= 4 is 11.8 Å². The molecule has 18 heavy (non-hydrogen) atoms. The highest BCUT2D eigenvalue weighted by Crippen LogP contribution is 2.08. The van der Waals surface area contributed by atoms with Crippen LogP contribution in [-0.2, 0) is 9.59 Å². The third-order valence-electron chi connectivity index (χ3n) is 3.37. The summed E-state index contributed by atoms with van der Waals surface area (Å²) in [5, 5.41) is 3.15. The molecule has 1 heterocycles. The highest BCUT2D eigenvalue weighted by Gasteiger charge is 2.30. The number of nitrogens with one attached hydrogen (secondary N) is 1. The highest BCUT2D eigenvalue weighted by molar-refractivity contribution is 5.88. The summed E-state index contributed by atoms with van der Waals surface area (Å²) in [6, 6.07) is -0.335. The van der Waals surface area contributed by atoms with Gasteiger partial charge in [-0.05, 0) is 20.3 Å². The number of amides is 2.